The summed E-state index contributed by atoms with van der Waals surface area (Å²) in [6.07, 6.45) is 18.7. The molecule has 0 aromatic carbocycles. The summed E-state index contributed by atoms with van der Waals surface area (Å²) < 4.78 is 0. The van der Waals surface area contributed by atoms with Crippen molar-refractivity contribution in [2.24, 2.45) is 28.6 Å². The fourth-order valence-electron chi connectivity index (χ4n) is 6.95. The highest BCUT2D eigenvalue weighted by molar-refractivity contribution is 4.99. The Labute approximate surface area is 171 Å². The van der Waals surface area contributed by atoms with Crippen LogP contribution in [0.15, 0.2) is 0 Å². The van der Waals surface area contributed by atoms with Gasteiger partial charge in [-0.1, -0.05) is 86.5 Å². The minimum atomic E-state index is 0.512. The van der Waals surface area contributed by atoms with Gasteiger partial charge < -0.3 is 5.32 Å². The van der Waals surface area contributed by atoms with E-state index in [0.717, 1.165) is 30.3 Å². The van der Waals surface area contributed by atoms with Crippen LogP contribution in [0.4, 0.5) is 0 Å². The molecule has 1 N–H and O–H groups in total. The van der Waals surface area contributed by atoms with Gasteiger partial charge in [0.25, 0.3) is 0 Å². The minimum absolute atomic E-state index is 0.512. The Morgan fingerprint density at radius 2 is 1.70 bits per heavy atom. The van der Waals surface area contributed by atoms with Crippen LogP contribution in [-0.2, 0) is 0 Å². The van der Waals surface area contributed by atoms with E-state index in [-0.39, 0.29) is 0 Å². The molecule has 0 bridgehead atoms. The predicted molar refractivity (Wildman–Crippen MR) is 121 cm³/mol. The highest BCUT2D eigenvalue weighted by Crippen LogP contribution is 2.58. The second kappa shape index (κ2) is 10.7. The summed E-state index contributed by atoms with van der Waals surface area (Å²) >= 11 is 0. The van der Waals surface area contributed by atoms with Crippen LogP contribution < -0.4 is 5.32 Å². The predicted octanol–water partition coefficient (Wildman–Crippen LogP) is 7.98. The van der Waals surface area contributed by atoms with E-state index in [9.17, 15) is 0 Å². The first kappa shape index (κ1) is 23.2. The van der Waals surface area contributed by atoms with Gasteiger partial charge in [-0.25, -0.2) is 0 Å². The molecule has 0 aliphatic heterocycles. The molecule has 0 radical (unpaired) electrons. The summed E-state index contributed by atoms with van der Waals surface area (Å²) in [5.74, 6) is 2.65. The smallest absolute Gasteiger partial charge is 0.00955 e. The third-order valence-electron chi connectivity index (χ3n) is 9.02. The Kier molecular flexibility index (Phi) is 9.17. The van der Waals surface area contributed by atoms with Gasteiger partial charge in [-0.2, -0.15) is 0 Å². The molecule has 2 saturated carbocycles. The van der Waals surface area contributed by atoms with Crippen molar-refractivity contribution in [1.82, 2.24) is 5.32 Å². The van der Waals surface area contributed by atoms with E-state index in [1.165, 1.54) is 83.5 Å². The number of hydrogen-bond donors (Lipinski definition) is 1. The van der Waals surface area contributed by atoms with Crippen molar-refractivity contribution < 1.29 is 0 Å². The van der Waals surface area contributed by atoms with Crippen molar-refractivity contribution in [1.29, 1.82) is 0 Å². The van der Waals surface area contributed by atoms with Crippen molar-refractivity contribution in [2.75, 3.05) is 6.54 Å². The highest BCUT2D eigenvalue weighted by atomic mass is 14.9. The van der Waals surface area contributed by atoms with Crippen molar-refractivity contribution in [3.05, 3.63) is 0 Å². The molecule has 0 spiro atoms. The van der Waals surface area contributed by atoms with Crippen molar-refractivity contribution in [2.45, 2.75) is 131 Å². The second-order valence-corrected chi connectivity index (χ2v) is 11.0. The van der Waals surface area contributed by atoms with E-state index in [1.54, 1.807) is 0 Å². The van der Waals surface area contributed by atoms with Crippen LogP contribution >= 0.6 is 0 Å². The Morgan fingerprint density at radius 1 is 0.926 bits per heavy atom. The quantitative estimate of drug-likeness (QED) is 0.350. The topological polar surface area (TPSA) is 12.0 Å². The third kappa shape index (κ3) is 5.74. The Bertz CT molecular complexity index is 418. The lowest BCUT2D eigenvalue weighted by atomic mass is 9.52. The van der Waals surface area contributed by atoms with Gasteiger partial charge in [-0.05, 0) is 73.7 Å². The second-order valence-electron chi connectivity index (χ2n) is 11.0. The third-order valence-corrected chi connectivity index (χ3v) is 9.02. The fraction of sp³-hybridized carbons (Fsp3) is 1.00. The Morgan fingerprint density at radius 3 is 2.41 bits per heavy atom. The number of rotatable bonds is 7. The van der Waals surface area contributed by atoms with E-state index in [1.807, 2.05) is 0 Å². The van der Waals surface area contributed by atoms with Crippen molar-refractivity contribution in [3.8, 4) is 0 Å². The van der Waals surface area contributed by atoms with Gasteiger partial charge in [0.1, 0.15) is 0 Å². The minimum Gasteiger partial charge on any atom is -0.314 e. The van der Waals surface area contributed by atoms with E-state index in [2.05, 4.69) is 46.9 Å². The maximum absolute atomic E-state index is 3.93. The Balaban J connectivity index is 2.17. The standard InChI is InChI=1S/C26H51N/c1-7-9-11-15-23-19-21(3)20-25(5,18-16-24(23)27-8-2)26(6)17-13-10-12-14-22(26)4/h21-24,27H,7-20H2,1-6H3. The number of nitrogens with one attached hydrogen (secondary N) is 1. The highest BCUT2D eigenvalue weighted by Gasteiger charge is 2.49. The van der Waals surface area contributed by atoms with Gasteiger partial charge >= 0.3 is 0 Å². The molecule has 1 nitrogen and oxygen atoms in total. The SMILES string of the molecule is CCCCCC1CC(C)CC(C)(C2(C)CCCCCC2C)CCC1NCC. The largest absolute Gasteiger partial charge is 0.314 e. The summed E-state index contributed by atoms with van der Waals surface area (Å²) in [6.45, 7) is 16.3. The first-order valence-electron chi connectivity index (χ1n) is 12.6. The summed E-state index contributed by atoms with van der Waals surface area (Å²) in [5, 5.41) is 3.93. The van der Waals surface area contributed by atoms with Crippen LogP contribution in [-0.4, -0.2) is 12.6 Å². The molecule has 2 fully saturated rings. The molecule has 2 aliphatic rings. The molecule has 0 aromatic rings. The molecule has 27 heavy (non-hydrogen) atoms. The summed E-state index contributed by atoms with van der Waals surface area (Å²) in [7, 11) is 0. The van der Waals surface area contributed by atoms with E-state index in [4.69, 9.17) is 0 Å². The van der Waals surface area contributed by atoms with Crippen LogP contribution in [0.3, 0.4) is 0 Å². The average Bonchev–Trinajstić information content (AvgIpc) is 2.79. The zero-order chi connectivity index (χ0) is 19.9. The molecule has 0 amide bonds. The maximum atomic E-state index is 3.93. The molecule has 6 atom stereocenters. The zero-order valence-corrected chi connectivity index (χ0v) is 19.7. The van der Waals surface area contributed by atoms with E-state index < -0.39 is 0 Å². The molecule has 2 rings (SSSR count). The van der Waals surface area contributed by atoms with Crippen LogP contribution in [0.5, 0.6) is 0 Å². The molecule has 1 heteroatoms. The van der Waals surface area contributed by atoms with Gasteiger partial charge in [0.2, 0.25) is 0 Å². The van der Waals surface area contributed by atoms with Crippen LogP contribution in [0, 0.1) is 28.6 Å². The summed E-state index contributed by atoms with van der Waals surface area (Å²) in [6, 6.07) is 0.749. The normalized spacial score (nSPS) is 41.6. The molecular formula is C26H51N. The van der Waals surface area contributed by atoms with E-state index in [0.29, 0.717) is 10.8 Å². The van der Waals surface area contributed by atoms with Crippen LogP contribution in [0.2, 0.25) is 0 Å². The number of unbranched alkanes of at least 4 members (excludes halogenated alkanes) is 2. The van der Waals surface area contributed by atoms with Gasteiger partial charge in [0, 0.05) is 6.04 Å². The first-order valence-corrected chi connectivity index (χ1v) is 12.6. The van der Waals surface area contributed by atoms with Gasteiger partial charge in [0.15, 0.2) is 0 Å². The average molecular weight is 378 g/mol. The van der Waals surface area contributed by atoms with Crippen LogP contribution in [0.25, 0.3) is 0 Å². The molecule has 0 heterocycles. The molecule has 2 aliphatic carbocycles. The monoisotopic (exact) mass is 377 g/mol. The molecule has 6 unspecified atom stereocenters. The van der Waals surface area contributed by atoms with Crippen molar-refractivity contribution in [3.63, 3.8) is 0 Å². The lowest BCUT2D eigenvalue weighted by Crippen LogP contribution is -2.47. The molecular weight excluding hydrogens is 326 g/mol. The van der Waals surface area contributed by atoms with E-state index >= 15 is 0 Å². The lowest BCUT2D eigenvalue weighted by Gasteiger charge is -2.53. The Hall–Kier alpha value is -0.0400. The maximum Gasteiger partial charge on any atom is 0.00955 e. The van der Waals surface area contributed by atoms with Crippen LogP contribution in [0.1, 0.15) is 125 Å². The zero-order valence-electron chi connectivity index (χ0n) is 19.7. The molecule has 0 saturated heterocycles. The first-order chi connectivity index (χ1) is 12.9. The van der Waals surface area contributed by atoms with Crippen molar-refractivity contribution >= 4 is 0 Å². The van der Waals surface area contributed by atoms with Gasteiger partial charge in [0.05, 0.1) is 0 Å². The number of hydrogen-bond acceptors (Lipinski definition) is 1. The molecule has 0 aromatic heterocycles. The molecule has 160 valence electrons. The van der Waals surface area contributed by atoms with Gasteiger partial charge in [-0.15, -0.1) is 0 Å². The summed E-state index contributed by atoms with van der Waals surface area (Å²) in [5.41, 5.74) is 1.04. The fourth-order valence-corrected chi connectivity index (χ4v) is 6.95. The summed E-state index contributed by atoms with van der Waals surface area (Å²) in [4.78, 5) is 0. The van der Waals surface area contributed by atoms with Gasteiger partial charge in [-0.3, -0.25) is 0 Å². The lowest BCUT2D eigenvalue weighted by molar-refractivity contribution is -0.0339.